The second-order valence-electron chi connectivity index (χ2n) is 5.25. The molecule has 20 heavy (non-hydrogen) atoms. The minimum Gasteiger partial charge on any atom is -0.376 e. The molecule has 0 aliphatic rings. The molecule has 2 amide bonds. The van der Waals surface area contributed by atoms with Gasteiger partial charge in [0.2, 0.25) is 5.91 Å². The fourth-order valence-corrected chi connectivity index (χ4v) is 2.29. The first kappa shape index (κ1) is 16.0. The third-order valence-corrected chi connectivity index (χ3v) is 3.02. The molecule has 0 heterocycles. The summed E-state index contributed by atoms with van der Waals surface area (Å²) < 4.78 is 0. The number of nitrogens with one attached hydrogen (secondary N) is 1. The number of primary amides is 1. The molecule has 5 nitrogen and oxygen atoms in total. The van der Waals surface area contributed by atoms with Crippen LogP contribution in [0.1, 0.15) is 38.1 Å². The fraction of sp³-hybridized carbons (Fsp3) is 0.467. The molecular weight excluding hydrogens is 254 g/mol. The Bertz CT molecular complexity index is 476. The van der Waals surface area contributed by atoms with E-state index in [0.29, 0.717) is 11.3 Å². The molecular formula is C15H23N3O2. The van der Waals surface area contributed by atoms with E-state index >= 15 is 0 Å². The van der Waals surface area contributed by atoms with Gasteiger partial charge in [-0.15, -0.1) is 0 Å². The van der Waals surface area contributed by atoms with Crippen LogP contribution in [0.5, 0.6) is 0 Å². The molecule has 0 bridgehead atoms. The molecule has 0 aromatic heterocycles. The third kappa shape index (κ3) is 3.98. The molecule has 0 aliphatic heterocycles. The summed E-state index contributed by atoms with van der Waals surface area (Å²) >= 11 is 0. The Kier molecular flexibility index (Phi) is 5.55. The van der Waals surface area contributed by atoms with Crippen LogP contribution in [0.4, 0.5) is 5.69 Å². The number of hydrogen-bond donors (Lipinski definition) is 2. The van der Waals surface area contributed by atoms with Gasteiger partial charge in [0.1, 0.15) is 0 Å². The topological polar surface area (TPSA) is 75.4 Å². The minimum absolute atomic E-state index is 0.00530. The quantitative estimate of drug-likeness (QED) is 0.833. The lowest BCUT2D eigenvalue weighted by Crippen LogP contribution is -2.44. The summed E-state index contributed by atoms with van der Waals surface area (Å²) in [6, 6.07) is 7.18. The molecule has 0 saturated heterocycles. The maximum Gasteiger partial charge on any atom is 0.250 e. The lowest BCUT2D eigenvalue weighted by Gasteiger charge is -2.31. The molecule has 1 aromatic rings. The van der Waals surface area contributed by atoms with E-state index < -0.39 is 5.91 Å². The smallest absolute Gasteiger partial charge is 0.250 e. The van der Waals surface area contributed by atoms with E-state index in [0.717, 1.165) is 0 Å². The lowest BCUT2D eigenvalue weighted by atomic mass is 10.1. The van der Waals surface area contributed by atoms with Crippen LogP contribution >= 0.6 is 0 Å². The molecule has 1 aromatic carbocycles. The average Bonchev–Trinajstić information content (AvgIpc) is 2.35. The Morgan fingerprint density at radius 3 is 2.20 bits per heavy atom. The highest BCUT2D eigenvalue weighted by Gasteiger charge is 2.20. The highest BCUT2D eigenvalue weighted by Crippen LogP contribution is 2.14. The summed E-state index contributed by atoms with van der Waals surface area (Å²) in [5.41, 5.74) is 6.28. The molecule has 0 saturated carbocycles. The highest BCUT2D eigenvalue weighted by atomic mass is 16.2. The van der Waals surface area contributed by atoms with Gasteiger partial charge < -0.3 is 16.0 Å². The molecule has 0 aliphatic carbocycles. The minimum atomic E-state index is -0.509. The molecule has 0 atom stereocenters. The average molecular weight is 277 g/mol. The first-order valence-electron chi connectivity index (χ1n) is 6.78. The van der Waals surface area contributed by atoms with Gasteiger partial charge in [-0.3, -0.25) is 9.59 Å². The summed E-state index contributed by atoms with van der Waals surface area (Å²) in [6.45, 7) is 8.07. The molecule has 0 spiro atoms. The molecule has 0 unspecified atom stereocenters. The van der Waals surface area contributed by atoms with Crippen LogP contribution in [0.3, 0.4) is 0 Å². The van der Waals surface area contributed by atoms with Crippen LogP contribution in [0.15, 0.2) is 24.3 Å². The van der Waals surface area contributed by atoms with Crippen molar-refractivity contribution >= 4 is 17.5 Å². The number of rotatable bonds is 6. The molecule has 3 N–H and O–H groups in total. The van der Waals surface area contributed by atoms with Crippen molar-refractivity contribution in [1.29, 1.82) is 0 Å². The number of carbonyl (C=O) groups is 2. The standard InChI is InChI=1S/C15H23N3O2/c1-10(2)18(11(3)4)14(19)9-17-13-8-6-5-7-12(13)15(16)20/h5-8,10-11,17H,9H2,1-4H3,(H2,16,20). The van der Waals surface area contributed by atoms with Gasteiger partial charge in [-0.25, -0.2) is 0 Å². The van der Waals surface area contributed by atoms with Gasteiger partial charge in [0.25, 0.3) is 5.91 Å². The van der Waals surface area contributed by atoms with Crippen LogP contribution < -0.4 is 11.1 Å². The monoisotopic (exact) mass is 277 g/mol. The SMILES string of the molecule is CC(C)N(C(=O)CNc1ccccc1C(N)=O)C(C)C. The Morgan fingerprint density at radius 2 is 1.70 bits per heavy atom. The van der Waals surface area contributed by atoms with E-state index in [-0.39, 0.29) is 24.5 Å². The molecule has 0 fully saturated rings. The van der Waals surface area contributed by atoms with Crippen LogP contribution in [-0.2, 0) is 4.79 Å². The maximum absolute atomic E-state index is 12.2. The van der Waals surface area contributed by atoms with Crippen molar-refractivity contribution in [3.05, 3.63) is 29.8 Å². The number of benzene rings is 1. The predicted octanol–water partition coefficient (Wildman–Crippen LogP) is 1.84. The molecule has 5 heteroatoms. The number of anilines is 1. The summed E-state index contributed by atoms with van der Waals surface area (Å²) in [6.07, 6.45) is 0. The van der Waals surface area contributed by atoms with Crippen molar-refractivity contribution in [1.82, 2.24) is 4.90 Å². The maximum atomic E-state index is 12.2. The molecule has 1 rings (SSSR count). The van der Waals surface area contributed by atoms with Gasteiger partial charge in [0, 0.05) is 17.8 Å². The first-order valence-corrected chi connectivity index (χ1v) is 6.78. The van der Waals surface area contributed by atoms with E-state index in [4.69, 9.17) is 5.73 Å². The number of nitrogens with zero attached hydrogens (tertiary/aromatic N) is 1. The normalized spacial score (nSPS) is 10.7. The first-order chi connectivity index (χ1) is 9.34. The van der Waals surface area contributed by atoms with Gasteiger partial charge in [0.05, 0.1) is 12.1 Å². The molecule has 0 radical (unpaired) electrons. The van der Waals surface area contributed by atoms with Crippen molar-refractivity contribution in [3.63, 3.8) is 0 Å². The van der Waals surface area contributed by atoms with Crippen LogP contribution in [0, 0.1) is 0 Å². The summed E-state index contributed by atoms with van der Waals surface area (Å²) in [4.78, 5) is 25.3. The van der Waals surface area contributed by atoms with Gasteiger partial charge in [0.15, 0.2) is 0 Å². The van der Waals surface area contributed by atoms with E-state index in [9.17, 15) is 9.59 Å². The van der Waals surface area contributed by atoms with Gasteiger partial charge in [-0.05, 0) is 39.8 Å². The summed E-state index contributed by atoms with van der Waals surface area (Å²) in [5, 5.41) is 2.99. The second kappa shape index (κ2) is 6.93. The number of carbonyl (C=O) groups excluding carboxylic acids is 2. The summed E-state index contributed by atoms with van der Waals surface area (Å²) in [5.74, 6) is -0.514. The lowest BCUT2D eigenvalue weighted by molar-refractivity contribution is -0.132. The van der Waals surface area contributed by atoms with Gasteiger partial charge in [-0.1, -0.05) is 12.1 Å². The third-order valence-electron chi connectivity index (χ3n) is 3.02. The van der Waals surface area contributed by atoms with Crippen molar-refractivity contribution in [2.24, 2.45) is 5.73 Å². The van der Waals surface area contributed by atoms with Gasteiger partial charge >= 0.3 is 0 Å². The number of amides is 2. The van der Waals surface area contributed by atoms with Crippen molar-refractivity contribution in [3.8, 4) is 0 Å². The van der Waals surface area contributed by atoms with Crippen molar-refractivity contribution in [2.75, 3.05) is 11.9 Å². The second-order valence-corrected chi connectivity index (χ2v) is 5.25. The largest absolute Gasteiger partial charge is 0.376 e. The Balaban J connectivity index is 2.77. The van der Waals surface area contributed by atoms with E-state index in [1.54, 1.807) is 29.2 Å². The zero-order chi connectivity index (χ0) is 15.3. The van der Waals surface area contributed by atoms with Crippen molar-refractivity contribution < 1.29 is 9.59 Å². The summed E-state index contributed by atoms with van der Waals surface area (Å²) in [7, 11) is 0. The van der Waals surface area contributed by atoms with Gasteiger partial charge in [-0.2, -0.15) is 0 Å². The number of nitrogens with two attached hydrogens (primary N) is 1. The number of para-hydroxylation sites is 1. The predicted molar refractivity (Wildman–Crippen MR) is 80.6 cm³/mol. The Labute approximate surface area is 120 Å². The zero-order valence-electron chi connectivity index (χ0n) is 12.5. The van der Waals surface area contributed by atoms with Crippen LogP contribution in [0.2, 0.25) is 0 Å². The van der Waals surface area contributed by atoms with Crippen LogP contribution in [0.25, 0.3) is 0 Å². The zero-order valence-corrected chi connectivity index (χ0v) is 12.5. The highest BCUT2D eigenvalue weighted by molar-refractivity contribution is 5.99. The Hall–Kier alpha value is -2.04. The van der Waals surface area contributed by atoms with Crippen molar-refractivity contribution in [2.45, 2.75) is 39.8 Å². The van der Waals surface area contributed by atoms with E-state index in [1.807, 2.05) is 27.7 Å². The molecule has 110 valence electrons. The van der Waals surface area contributed by atoms with E-state index in [2.05, 4.69) is 5.32 Å². The van der Waals surface area contributed by atoms with Crippen LogP contribution in [-0.4, -0.2) is 35.3 Å². The Morgan fingerprint density at radius 1 is 1.15 bits per heavy atom. The van der Waals surface area contributed by atoms with E-state index in [1.165, 1.54) is 0 Å². The fourth-order valence-electron chi connectivity index (χ4n) is 2.29. The number of hydrogen-bond acceptors (Lipinski definition) is 3.